The summed E-state index contributed by atoms with van der Waals surface area (Å²) in [7, 11) is 0. The average molecular weight is 314 g/mol. The van der Waals surface area contributed by atoms with E-state index in [1.165, 1.54) is 35.4 Å². The molecule has 0 N–H and O–H groups in total. The maximum Gasteiger partial charge on any atom is 0.264 e. The molecule has 0 saturated heterocycles. The molecule has 3 nitrogen and oxygen atoms in total. The molecule has 1 atom stereocenters. The van der Waals surface area contributed by atoms with Gasteiger partial charge in [0.15, 0.2) is 0 Å². The predicted octanol–water partition coefficient (Wildman–Crippen LogP) is 4.04. The van der Waals surface area contributed by atoms with E-state index in [0.29, 0.717) is 0 Å². The van der Waals surface area contributed by atoms with E-state index in [1.54, 1.807) is 11.3 Å². The van der Waals surface area contributed by atoms with Crippen molar-refractivity contribution in [2.75, 3.05) is 6.54 Å². The zero-order valence-corrected chi connectivity index (χ0v) is 13.9. The Kier molecular flexibility index (Phi) is 3.57. The van der Waals surface area contributed by atoms with Crippen LogP contribution in [0.3, 0.4) is 0 Å². The molecular weight excluding hydrogens is 292 g/mol. The van der Waals surface area contributed by atoms with Crippen molar-refractivity contribution in [2.45, 2.75) is 51.6 Å². The van der Waals surface area contributed by atoms with Crippen molar-refractivity contribution in [1.29, 1.82) is 0 Å². The number of amides is 1. The number of fused-ring (bicyclic) bond motifs is 2. The summed E-state index contributed by atoms with van der Waals surface area (Å²) in [4.78, 5) is 17.4. The number of thiophene rings is 1. The lowest BCUT2D eigenvalue weighted by Gasteiger charge is -2.34. The first-order chi connectivity index (χ1) is 10.7. The first kappa shape index (κ1) is 14.1. The van der Waals surface area contributed by atoms with E-state index in [4.69, 9.17) is 0 Å². The highest BCUT2D eigenvalue weighted by atomic mass is 32.1. The van der Waals surface area contributed by atoms with Gasteiger partial charge in [0.05, 0.1) is 10.9 Å². The molecule has 1 aliphatic carbocycles. The van der Waals surface area contributed by atoms with E-state index in [1.807, 2.05) is 4.90 Å². The van der Waals surface area contributed by atoms with Gasteiger partial charge < -0.3 is 9.47 Å². The van der Waals surface area contributed by atoms with Gasteiger partial charge in [-0.3, -0.25) is 4.79 Å². The van der Waals surface area contributed by atoms with Crippen molar-refractivity contribution in [3.8, 4) is 0 Å². The number of carbonyl (C=O) groups is 1. The number of aromatic nitrogens is 1. The lowest BCUT2D eigenvalue weighted by molar-refractivity contribution is 0.0649. The van der Waals surface area contributed by atoms with Crippen LogP contribution >= 0.6 is 11.3 Å². The molecule has 1 amide bonds. The number of nitrogens with zero attached hydrogens (tertiary/aromatic N) is 2. The standard InChI is InChI=1S/C18H22N2OS/c1-13-15-7-5-9-19(15)10-11-20(13)18(21)17-12-14-6-3-2-4-8-16(14)22-17/h5,7,9,12-13H,2-4,6,8,10-11H2,1H3/t13-/m1/s1. The summed E-state index contributed by atoms with van der Waals surface area (Å²) in [6, 6.07) is 6.55. The minimum absolute atomic E-state index is 0.165. The highest BCUT2D eigenvalue weighted by molar-refractivity contribution is 7.14. The second-order valence-electron chi connectivity index (χ2n) is 6.42. The molecule has 0 spiro atoms. The SMILES string of the molecule is C[C@@H]1c2cccn2CCN1C(=O)c1cc2c(s1)CCCCC2. The topological polar surface area (TPSA) is 25.2 Å². The minimum atomic E-state index is 0.165. The second kappa shape index (κ2) is 5.58. The van der Waals surface area contributed by atoms with Crippen LogP contribution in [0.25, 0.3) is 0 Å². The van der Waals surface area contributed by atoms with E-state index in [0.717, 1.165) is 30.8 Å². The third-order valence-corrected chi connectivity index (χ3v) is 6.29. The molecule has 4 heteroatoms. The Morgan fingerprint density at radius 3 is 3.00 bits per heavy atom. The van der Waals surface area contributed by atoms with Crippen LogP contribution in [-0.4, -0.2) is 21.9 Å². The van der Waals surface area contributed by atoms with Crippen LogP contribution in [0.4, 0.5) is 0 Å². The Morgan fingerprint density at radius 2 is 2.09 bits per heavy atom. The lowest BCUT2D eigenvalue weighted by atomic mass is 10.1. The van der Waals surface area contributed by atoms with Crippen molar-refractivity contribution in [2.24, 2.45) is 0 Å². The molecule has 116 valence electrons. The molecule has 4 rings (SSSR count). The first-order valence-corrected chi connectivity index (χ1v) is 9.13. The van der Waals surface area contributed by atoms with Gasteiger partial charge in [0.1, 0.15) is 0 Å². The van der Waals surface area contributed by atoms with Crippen molar-refractivity contribution in [3.05, 3.63) is 45.4 Å². The van der Waals surface area contributed by atoms with Gasteiger partial charge in [-0.25, -0.2) is 0 Å². The third kappa shape index (κ3) is 2.30. The Hall–Kier alpha value is -1.55. The molecule has 3 heterocycles. The molecule has 0 saturated carbocycles. The Morgan fingerprint density at radius 1 is 1.23 bits per heavy atom. The predicted molar refractivity (Wildman–Crippen MR) is 89.5 cm³/mol. The molecule has 0 unspecified atom stereocenters. The van der Waals surface area contributed by atoms with Gasteiger partial charge in [-0.2, -0.15) is 0 Å². The van der Waals surface area contributed by atoms with Crippen LogP contribution in [0.1, 0.15) is 58.0 Å². The number of rotatable bonds is 1. The molecule has 1 aliphatic heterocycles. The lowest BCUT2D eigenvalue weighted by Crippen LogP contribution is -2.40. The van der Waals surface area contributed by atoms with Crippen LogP contribution in [0.2, 0.25) is 0 Å². The summed E-state index contributed by atoms with van der Waals surface area (Å²) in [5, 5.41) is 0. The van der Waals surface area contributed by atoms with Crippen LogP contribution in [0.15, 0.2) is 24.4 Å². The molecule has 2 aromatic heterocycles. The molecule has 0 fully saturated rings. The fourth-order valence-corrected chi connectivity index (χ4v) is 4.98. The summed E-state index contributed by atoms with van der Waals surface area (Å²) in [5.74, 6) is 0.220. The van der Waals surface area contributed by atoms with Crippen molar-refractivity contribution >= 4 is 17.2 Å². The van der Waals surface area contributed by atoms with Crippen molar-refractivity contribution in [1.82, 2.24) is 9.47 Å². The van der Waals surface area contributed by atoms with Gasteiger partial charge >= 0.3 is 0 Å². The fraction of sp³-hybridized carbons (Fsp3) is 0.500. The zero-order valence-electron chi connectivity index (χ0n) is 13.0. The molecule has 2 aromatic rings. The normalized spacial score (nSPS) is 21.1. The van der Waals surface area contributed by atoms with E-state index in [2.05, 4.69) is 35.9 Å². The van der Waals surface area contributed by atoms with E-state index < -0.39 is 0 Å². The van der Waals surface area contributed by atoms with Gasteiger partial charge in [-0.1, -0.05) is 6.42 Å². The Bertz CT molecular complexity index is 676. The molecule has 0 aromatic carbocycles. The van der Waals surface area contributed by atoms with Gasteiger partial charge in [-0.05, 0) is 56.4 Å². The Labute approximate surface area is 135 Å². The van der Waals surface area contributed by atoms with Crippen LogP contribution in [-0.2, 0) is 19.4 Å². The van der Waals surface area contributed by atoms with Gasteiger partial charge in [-0.15, -0.1) is 11.3 Å². The van der Waals surface area contributed by atoms with Gasteiger partial charge in [0.2, 0.25) is 0 Å². The highest BCUT2D eigenvalue weighted by Crippen LogP contribution is 2.32. The number of aryl methyl sites for hydroxylation is 2. The summed E-state index contributed by atoms with van der Waals surface area (Å²) in [6.07, 6.45) is 8.29. The largest absolute Gasteiger partial charge is 0.348 e. The average Bonchev–Trinajstić information content (AvgIpc) is 3.10. The quantitative estimate of drug-likeness (QED) is 0.729. The number of hydrogen-bond donors (Lipinski definition) is 0. The monoisotopic (exact) mass is 314 g/mol. The maximum atomic E-state index is 13.0. The maximum absolute atomic E-state index is 13.0. The van der Waals surface area contributed by atoms with Crippen molar-refractivity contribution < 1.29 is 4.79 Å². The Balaban J connectivity index is 1.60. The molecule has 22 heavy (non-hydrogen) atoms. The fourth-order valence-electron chi connectivity index (χ4n) is 3.77. The van der Waals surface area contributed by atoms with E-state index in [-0.39, 0.29) is 11.9 Å². The minimum Gasteiger partial charge on any atom is -0.348 e. The molecule has 0 bridgehead atoms. The van der Waals surface area contributed by atoms with Gasteiger partial charge in [0, 0.05) is 29.9 Å². The summed E-state index contributed by atoms with van der Waals surface area (Å²) >= 11 is 1.74. The highest BCUT2D eigenvalue weighted by Gasteiger charge is 2.29. The molecule has 0 radical (unpaired) electrons. The van der Waals surface area contributed by atoms with Crippen LogP contribution < -0.4 is 0 Å². The van der Waals surface area contributed by atoms with Gasteiger partial charge in [0.25, 0.3) is 5.91 Å². The number of hydrogen-bond acceptors (Lipinski definition) is 2. The molecular formula is C18H22N2OS. The summed E-state index contributed by atoms with van der Waals surface area (Å²) in [6.45, 7) is 3.86. The summed E-state index contributed by atoms with van der Waals surface area (Å²) in [5.41, 5.74) is 2.68. The van der Waals surface area contributed by atoms with E-state index >= 15 is 0 Å². The van der Waals surface area contributed by atoms with Crippen molar-refractivity contribution in [3.63, 3.8) is 0 Å². The summed E-state index contributed by atoms with van der Waals surface area (Å²) < 4.78 is 2.26. The van der Waals surface area contributed by atoms with E-state index in [9.17, 15) is 4.79 Å². The molecule has 2 aliphatic rings. The zero-order chi connectivity index (χ0) is 15.1. The smallest absolute Gasteiger partial charge is 0.264 e. The third-order valence-electron chi connectivity index (χ3n) is 5.06. The second-order valence-corrected chi connectivity index (χ2v) is 7.56. The van der Waals surface area contributed by atoms with Crippen LogP contribution in [0.5, 0.6) is 0 Å². The van der Waals surface area contributed by atoms with Crippen LogP contribution in [0, 0.1) is 0 Å². The first-order valence-electron chi connectivity index (χ1n) is 8.31. The number of carbonyl (C=O) groups excluding carboxylic acids is 1.